The molecule has 19 heavy (non-hydrogen) atoms. The second-order valence-corrected chi connectivity index (χ2v) is 5.26. The molecular weight excluding hydrogens is 236 g/mol. The number of hydrogen-bond acceptors (Lipinski definition) is 2. The fourth-order valence-corrected chi connectivity index (χ4v) is 3.59. The fraction of sp³-hybridized carbons (Fsp3) is 0.176. The zero-order valence-electron chi connectivity index (χ0n) is 10.3. The van der Waals surface area contributed by atoms with E-state index >= 15 is 0 Å². The van der Waals surface area contributed by atoms with Crippen LogP contribution in [0.5, 0.6) is 0 Å². The monoisotopic (exact) mass is 248 g/mol. The van der Waals surface area contributed by atoms with Gasteiger partial charge >= 0.3 is 0 Å². The van der Waals surface area contributed by atoms with Crippen LogP contribution in [-0.4, -0.2) is 11.6 Å². The summed E-state index contributed by atoms with van der Waals surface area (Å²) in [4.78, 5) is 25.2. The summed E-state index contributed by atoms with van der Waals surface area (Å²) in [6.45, 7) is 0. The number of carbonyl (C=O) groups is 2. The lowest BCUT2D eigenvalue weighted by molar-refractivity contribution is -0.130. The van der Waals surface area contributed by atoms with Crippen LogP contribution in [0.15, 0.2) is 48.5 Å². The van der Waals surface area contributed by atoms with Crippen LogP contribution in [-0.2, 0) is 27.8 Å². The van der Waals surface area contributed by atoms with Crippen molar-refractivity contribution in [2.45, 2.75) is 18.3 Å². The molecule has 4 rings (SSSR count). The van der Waals surface area contributed by atoms with Gasteiger partial charge in [-0.3, -0.25) is 9.59 Å². The summed E-state index contributed by atoms with van der Waals surface area (Å²) < 4.78 is 0. The van der Waals surface area contributed by atoms with Crippen LogP contribution < -0.4 is 0 Å². The van der Waals surface area contributed by atoms with Crippen LogP contribution in [0, 0.1) is 0 Å². The fourth-order valence-electron chi connectivity index (χ4n) is 3.59. The Morgan fingerprint density at radius 3 is 1.58 bits per heavy atom. The molecule has 2 nitrogen and oxygen atoms in total. The molecule has 0 saturated heterocycles. The molecule has 0 aromatic heterocycles. The summed E-state index contributed by atoms with van der Waals surface area (Å²) in [5.74, 6) is 0.0623. The molecule has 0 N–H and O–H groups in total. The van der Waals surface area contributed by atoms with Gasteiger partial charge in [-0.2, -0.15) is 0 Å². The van der Waals surface area contributed by atoms with Gasteiger partial charge in [0.05, 0.1) is 0 Å². The normalized spacial score (nSPS) is 18.7. The highest BCUT2D eigenvalue weighted by atomic mass is 16.2. The zero-order chi connectivity index (χ0) is 13.0. The van der Waals surface area contributed by atoms with Gasteiger partial charge in [0.25, 0.3) is 0 Å². The highest BCUT2D eigenvalue weighted by molar-refractivity contribution is 6.22. The third kappa shape index (κ3) is 1.12. The second-order valence-electron chi connectivity index (χ2n) is 5.26. The highest BCUT2D eigenvalue weighted by Crippen LogP contribution is 2.47. The molecule has 92 valence electrons. The Morgan fingerprint density at radius 2 is 1.11 bits per heavy atom. The lowest BCUT2D eigenvalue weighted by Crippen LogP contribution is -2.38. The first-order valence-corrected chi connectivity index (χ1v) is 6.48. The van der Waals surface area contributed by atoms with Gasteiger partial charge in [0.2, 0.25) is 0 Å². The quantitative estimate of drug-likeness (QED) is 0.670. The van der Waals surface area contributed by atoms with E-state index in [1.165, 1.54) is 0 Å². The average Bonchev–Trinajstić information content (AvgIpc) is 2.88. The van der Waals surface area contributed by atoms with Crippen LogP contribution in [0.2, 0.25) is 0 Å². The zero-order valence-corrected chi connectivity index (χ0v) is 10.3. The van der Waals surface area contributed by atoms with Crippen LogP contribution in [0.1, 0.15) is 22.3 Å². The Morgan fingerprint density at radius 1 is 0.684 bits per heavy atom. The number of hydrogen-bond donors (Lipinski definition) is 0. The lowest BCUT2D eigenvalue weighted by atomic mass is 9.75. The standard InChI is InChI=1S/C17H12O2/c18-15-9-11-5-1-3-7-13(11)17(15)14-8-4-2-6-12(14)10-16(17)19/h1-8H,9-10H2. The van der Waals surface area contributed by atoms with Gasteiger partial charge in [-0.15, -0.1) is 0 Å². The van der Waals surface area contributed by atoms with Gasteiger partial charge < -0.3 is 0 Å². The third-order valence-electron chi connectivity index (χ3n) is 4.38. The van der Waals surface area contributed by atoms with Crippen molar-refractivity contribution in [1.29, 1.82) is 0 Å². The molecule has 2 aromatic carbocycles. The maximum atomic E-state index is 12.6. The van der Waals surface area contributed by atoms with Crippen molar-refractivity contribution in [3.63, 3.8) is 0 Å². The first-order valence-electron chi connectivity index (χ1n) is 6.48. The van der Waals surface area contributed by atoms with E-state index in [0.717, 1.165) is 22.3 Å². The Bertz CT molecular complexity index is 664. The SMILES string of the molecule is O=C1Cc2ccccc2C12C(=O)Cc1ccccc12. The van der Waals surface area contributed by atoms with E-state index in [0.29, 0.717) is 12.8 Å². The highest BCUT2D eigenvalue weighted by Gasteiger charge is 2.56. The molecule has 0 amide bonds. The summed E-state index contributed by atoms with van der Waals surface area (Å²) in [6.07, 6.45) is 0.743. The first-order chi connectivity index (χ1) is 9.24. The topological polar surface area (TPSA) is 34.1 Å². The van der Waals surface area contributed by atoms with Crippen molar-refractivity contribution in [3.05, 3.63) is 70.8 Å². The van der Waals surface area contributed by atoms with Crippen LogP contribution in [0.25, 0.3) is 0 Å². The van der Waals surface area contributed by atoms with Gasteiger partial charge in [-0.1, -0.05) is 48.5 Å². The second kappa shape index (κ2) is 3.41. The average molecular weight is 248 g/mol. The third-order valence-corrected chi connectivity index (χ3v) is 4.38. The minimum absolute atomic E-state index is 0.0312. The Kier molecular flexibility index (Phi) is 1.92. The predicted octanol–water partition coefficient (Wildman–Crippen LogP) is 2.22. The molecule has 0 radical (unpaired) electrons. The Hall–Kier alpha value is -2.22. The van der Waals surface area contributed by atoms with Crippen molar-refractivity contribution in [3.8, 4) is 0 Å². The van der Waals surface area contributed by atoms with Crippen LogP contribution in [0.3, 0.4) is 0 Å². The van der Waals surface area contributed by atoms with E-state index in [1.54, 1.807) is 0 Å². The summed E-state index contributed by atoms with van der Waals surface area (Å²) in [5, 5.41) is 0. The molecule has 0 saturated carbocycles. The van der Waals surface area contributed by atoms with E-state index in [4.69, 9.17) is 0 Å². The Labute approximate surface area is 111 Å². The number of Topliss-reactive ketones (excluding diaryl/α,β-unsaturated/α-hetero) is 2. The number of carbonyl (C=O) groups excluding carboxylic acids is 2. The largest absolute Gasteiger partial charge is 0.297 e. The molecule has 1 spiro atoms. The van der Waals surface area contributed by atoms with E-state index in [-0.39, 0.29) is 11.6 Å². The summed E-state index contributed by atoms with van der Waals surface area (Å²) >= 11 is 0. The van der Waals surface area contributed by atoms with Crippen molar-refractivity contribution < 1.29 is 9.59 Å². The number of ketones is 2. The number of benzene rings is 2. The van der Waals surface area contributed by atoms with Crippen LogP contribution in [0.4, 0.5) is 0 Å². The molecule has 0 atom stereocenters. The molecule has 0 unspecified atom stereocenters. The Balaban J connectivity index is 2.10. The van der Waals surface area contributed by atoms with E-state index in [1.807, 2.05) is 48.5 Å². The molecule has 0 fully saturated rings. The minimum atomic E-state index is -1.01. The van der Waals surface area contributed by atoms with Gasteiger partial charge in [-0.25, -0.2) is 0 Å². The maximum Gasteiger partial charge on any atom is 0.159 e. The molecule has 0 bridgehead atoms. The van der Waals surface area contributed by atoms with Gasteiger partial charge in [-0.05, 0) is 22.3 Å². The molecule has 2 heteroatoms. The van der Waals surface area contributed by atoms with E-state index in [2.05, 4.69) is 0 Å². The number of fused-ring (bicyclic) bond motifs is 4. The molecule has 0 heterocycles. The molecular formula is C17H12O2. The number of rotatable bonds is 0. The van der Waals surface area contributed by atoms with Gasteiger partial charge in [0, 0.05) is 12.8 Å². The summed E-state index contributed by atoms with van der Waals surface area (Å²) in [7, 11) is 0. The van der Waals surface area contributed by atoms with E-state index in [9.17, 15) is 9.59 Å². The lowest BCUT2D eigenvalue weighted by Gasteiger charge is -2.23. The summed E-state index contributed by atoms with van der Waals surface area (Å²) in [6, 6.07) is 15.4. The van der Waals surface area contributed by atoms with E-state index < -0.39 is 5.41 Å². The maximum absolute atomic E-state index is 12.6. The molecule has 2 aromatic rings. The molecule has 2 aliphatic carbocycles. The minimum Gasteiger partial charge on any atom is -0.297 e. The first kappa shape index (κ1) is 10.7. The molecule has 2 aliphatic rings. The van der Waals surface area contributed by atoms with Crippen molar-refractivity contribution in [1.82, 2.24) is 0 Å². The van der Waals surface area contributed by atoms with Crippen molar-refractivity contribution in [2.75, 3.05) is 0 Å². The summed E-state index contributed by atoms with van der Waals surface area (Å²) in [5.41, 5.74) is 2.78. The van der Waals surface area contributed by atoms with Crippen molar-refractivity contribution in [2.24, 2.45) is 0 Å². The van der Waals surface area contributed by atoms with Crippen LogP contribution >= 0.6 is 0 Å². The van der Waals surface area contributed by atoms with Crippen molar-refractivity contribution >= 4 is 11.6 Å². The predicted molar refractivity (Wildman–Crippen MR) is 71.1 cm³/mol. The smallest absolute Gasteiger partial charge is 0.159 e. The van der Waals surface area contributed by atoms with Gasteiger partial charge in [0.15, 0.2) is 11.6 Å². The molecule has 0 aliphatic heterocycles. The van der Waals surface area contributed by atoms with Gasteiger partial charge in [0.1, 0.15) is 5.41 Å².